The lowest BCUT2D eigenvalue weighted by Crippen LogP contribution is -2.42. The second-order valence-corrected chi connectivity index (χ2v) is 5.81. The smallest absolute Gasteiger partial charge is 0.229 e. The number of carbonyl (C=O) groups excluding carboxylic acids is 1. The zero-order chi connectivity index (χ0) is 13.9. The Balaban J connectivity index is 0.00000324. The Kier molecular flexibility index (Phi) is 7.16. The predicted molar refractivity (Wildman–Crippen MR) is 83.0 cm³/mol. The van der Waals surface area contributed by atoms with Crippen LogP contribution in [-0.4, -0.2) is 24.4 Å². The first-order chi connectivity index (χ1) is 8.27. The van der Waals surface area contributed by atoms with Crippen molar-refractivity contribution < 1.29 is 4.79 Å². The summed E-state index contributed by atoms with van der Waals surface area (Å²) in [6, 6.07) is 5.35. The normalized spacial score (nSPS) is 10.8. The molecule has 2 N–H and O–H groups in total. The molecule has 0 bridgehead atoms. The topological polar surface area (TPSA) is 46.3 Å². The summed E-state index contributed by atoms with van der Waals surface area (Å²) in [6.07, 6.45) is 0. The van der Waals surface area contributed by atoms with Gasteiger partial charge in [0.1, 0.15) is 0 Å². The van der Waals surface area contributed by atoms with E-state index in [1.54, 1.807) is 24.1 Å². The maximum Gasteiger partial charge on any atom is 0.229 e. The molecule has 6 heteroatoms. The van der Waals surface area contributed by atoms with E-state index in [9.17, 15) is 4.79 Å². The van der Waals surface area contributed by atoms with E-state index < -0.39 is 5.41 Å². The van der Waals surface area contributed by atoms with Crippen molar-refractivity contribution in [1.29, 1.82) is 0 Å². The Morgan fingerprint density at radius 1 is 1.32 bits per heavy atom. The summed E-state index contributed by atoms with van der Waals surface area (Å²) in [5.74, 6) is 0.0103. The van der Waals surface area contributed by atoms with Gasteiger partial charge in [-0.3, -0.25) is 4.79 Å². The molecule has 0 saturated heterocycles. The summed E-state index contributed by atoms with van der Waals surface area (Å²) >= 11 is 11.8. The van der Waals surface area contributed by atoms with Crippen LogP contribution in [0.2, 0.25) is 10.0 Å². The zero-order valence-corrected chi connectivity index (χ0v) is 13.6. The number of nitrogens with two attached hydrogens (primary N) is 1. The maximum absolute atomic E-state index is 12.1. The van der Waals surface area contributed by atoms with Crippen LogP contribution < -0.4 is 5.73 Å². The van der Waals surface area contributed by atoms with Crippen LogP contribution in [0.15, 0.2) is 18.2 Å². The van der Waals surface area contributed by atoms with Gasteiger partial charge in [-0.05, 0) is 31.5 Å². The van der Waals surface area contributed by atoms with Gasteiger partial charge in [-0.1, -0.05) is 29.3 Å². The zero-order valence-electron chi connectivity index (χ0n) is 11.2. The molecule has 0 radical (unpaired) electrons. The summed E-state index contributed by atoms with van der Waals surface area (Å²) in [5.41, 5.74) is 5.98. The molecule has 0 spiro atoms. The first-order valence-corrected chi connectivity index (χ1v) is 6.43. The lowest BCUT2D eigenvalue weighted by atomic mass is 9.92. The second kappa shape index (κ2) is 7.34. The number of halogens is 3. The van der Waals surface area contributed by atoms with Gasteiger partial charge in [-0.25, -0.2) is 0 Å². The van der Waals surface area contributed by atoms with E-state index in [2.05, 4.69) is 0 Å². The fourth-order valence-corrected chi connectivity index (χ4v) is 1.91. The van der Waals surface area contributed by atoms with Crippen molar-refractivity contribution in [2.75, 3.05) is 13.6 Å². The Morgan fingerprint density at radius 3 is 2.37 bits per heavy atom. The van der Waals surface area contributed by atoms with Crippen molar-refractivity contribution in [3.8, 4) is 0 Å². The standard InChI is InChI=1S/C13H18Cl2N2O.ClH/c1-13(2,8-16)12(18)17(3)7-9-4-5-10(14)11(15)6-9;/h4-6H,7-8,16H2,1-3H3;1H. The summed E-state index contributed by atoms with van der Waals surface area (Å²) in [6.45, 7) is 4.47. The van der Waals surface area contributed by atoms with Crippen LogP contribution >= 0.6 is 35.6 Å². The minimum Gasteiger partial charge on any atom is -0.341 e. The molecule has 1 rings (SSSR count). The van der Waals surface area contributed by atoms with Gasteiger partial charge in [0.25, 0.3) is 0 Å². The van der Waals surface area contributed by atoms with Crippen molar-refractivity contribution in [2.45, 2.75) is 20.4 Å². The first-order valence-electron chi connectivity index (χ1n) is 5.67. The van der Waals surface area contributed by atoms with Crippen molar-refractivity contribution in [1.82, 2.24) is 4.90 Å². The SMILES string of the molecule is CN(Cc1ccc(Cl)c(Cl)c1)C(=O)C(C)(C)CN.Cl. The average Bonchev–Trinajstić information content (AvgIpc) is 2.32. The second-order valence-electron chi connectivity index (χ2n) is 5.00. The Bertz CT molecular complexity index is 450. The Morgan fingerprint density at radius 2 is 1.89 bits per heavy atom. The molecular formula is C13H19Cl3N2O. The highest BCUT2D eigenvalue weighted by Gasteiger charge is 2.28. The largest absolute Gasteiger partial charge is 0.341 e. The molecule has 1 aromatic carbocycles. The Hall–Kier alpha value is -0.480. The lowest BCUT2D eigenvalue weighted by molar-refractivity contribution is -0.139. The van der Waals surface area contributed by atoms with E-state index in [1.165, 1.54) is 0 Å². The van der Waals surface area contributed by atoms with Gasteiger partial charge in [0.15, 0.2) is 0 Å². The third-order valence-corrected chi connectivity index (χ3v) is 3.58. The first kappa shape index (κ1) is 18.5. The number of benzene rings is 1. The number of hydrogen-bond donors (Lipinski definition) is 1. The van der Waals surface area contributed by atoms with Crippen LogP contribution in [-0.2, 0) is 11.3 Å². The summed E-state index contributed by atoms with van der Waals surface area (Å²) < 4.78 is 0. The van der Waals surface area contributed by atoms with Crippen LogP contribution in [0.3, 0.4) is 0 Å². The molecule has 0 aliphatic carbocycles. The molecule has 1 aromatic rings. The fourth-order valence-electron chi connectivity index (χ4n) is 1.59. The van der Waals surface area contributed by atoms with Gasteiger partial charge in [-0.2, -0.15) is 0 Å². The molecule has 0 unspecified atom stereocenters. The predicted octanol–water partition coefficient (Wildman–Crippen LogP) is 3.36. The Labute approximate surface area is 130 Å². The van der Waals surface area contributed by atoms with Crippen molar-refractivity contribution in [2.24, 2.45) is 11.1 Å². The number of nitrogens with zero attached hydrogens (tertiary/aromatic N) is 1. The van der Waals surface area contributed by atoms with E-state index in [0.29, 0.717) is 23.1 Å². The summed E-state index contributed by atoms with van der Waals surface area (Å²) in [7, 11) is 1.75. The molecule has 0 heterocycles. The average molecular weight is 326 g/mol. The number of rotatable bonds is 4. The highest BCUT2D eigenvalue weighted by Crippen LogP contribution is 2.24. The van der Waals surface area contributed by atoms with Gasteiger partial charge in [-0.15, -0.1) is 12.4 Å². The summed E-state index contributed by atoms with van der Waals surface area (Å²) in [4.78, 5) is 13.8. The number of hydrogen-bond acceptors (Lipinski definition) is 2. The van der Waals surface area contributed by atoms with Crippen LogP contribution in [0.1, 0.15) is 19.4 Å². The molecule has 108 valence electrons. The number of amides is 1. The molecular weight excluding hydrogens is 307 g/mol. The van der Waals surface area contributed by atoms with Gasteiger partial charge in [0.05, 0.1) is 15.5 Å². The minimum atomic E-state index is -0.551. The highest BCUT2D eigenvalue weighted by molar-refractivity contribution is 6.42. The summed E-state index contributed by atoms with van der Waals surface area (Å²) in [5, 5.41) is 1.00. The molecule has 0 atom stereocenters. The molecule has 0 saturated carbocycles. The van der Waals surface area contributed by atoms with Crippen LogP contribution in [0.4, 0.5) is 0 Å². The van der Waals surface area contributed by atoms with Crippen molar-refractivity contribution >= 4 is 41.5 Å². The van der Waals surface area contributed by atoms with Gasteiger partial charge < -0.3 is 10.6 Å². The van der Waals surface area contributed by atoms with Crippen LogP contribution in [0, 0.1) is 5.41 Å². The highest BCUT2D eigenvalue weighted by atomic mass is 35.5. The molecule has 1 amide bonds. The van der Waals surface area contributed by atoms with Gasteiger partial charge in [0, 0.05) is 20.1 Å². The van der Waals surface area contributed by atoms with E-state index in [-0.39, 0.29) is 18.3 Å². The van der Waals surface area contributed by atoms with Gasteiger partial charge >= 0.3 is 0 Å². The fraction of sp³-hybridized carbons (Fsp3) is 0.462. The number of carbonyl (C=O) groups is 1. The van der Waals surface area contributed by atoms with Crippen LogP contribution in [0.5, 0.6) is 0 Å². The lowest BCUT2D eigenvalue weighted by Gasteiger charge is -2.28. The van der Waals surface area contributed by atoms with Gasteiger partial charge in [0.2, 0.25) is 5.91 Å². The molecule has 0 aliphatic rings. The third kappa shape index (κ3) is 4.84. The van der Waals surface area contributed by atoms with Crippen molar-refractivity contribution in [3.05, 3.63) is 33.8 Å². The minimum absolute atomic E-state index is 0. The van der Waals surface area contributed by atoms with E-state index in [1.807, 2.05) is 19.9 Å². The molecule has 19 heavy (non-hydrogen) atoms. The molecule has 0 aromatic heterocycles. The van der Waals surface area contributed by atoms with E-state index in [4.69, 9.17) is 28.9 Å². The molecule has 3 nitrogen and oxygen atoms in total. The van der Waals surface area contributed by atoms with E-state index >= 15 is 0 Å². The molecule has 0 aliphatic heterocycles. The third-order valence-electron chi connectivity index (χ3n) is 2.84. The quantitative estimate of drug-likeness (QED) is 0.922. The molecule has 0 fully saturated rings. The monoisotopic (exact) mass is 324 g/mol. The van der Waals surface area contributed by atoms with Crippen LogP contribution in [0.25, 0.3) is 0 Å². The maximum atomic E-state index is 12.1. The van der Waals surface area contributed by atoms with Crippen molar-refractivity contribution in [3.63, 3.8) is 0 Å². The van der Waals surface area contributed by atoms with E-state index in [0.717, 1.165) is 5.56 Å².